The van der Waals surface area contributed by atoms with Crippen LogP contribution in [0.4, 0.5) is 13.2 Å². The number of alkyl halides is 3. The van der Waals surface area contributed by atoms with Crippen molar-refractivity contribution in [2.45, 2.75) is 31.0 Å². The Balaban J connectivity index is 1.22. The molecule has 0 bridgehead atoms. The Morgan fingerprint density at radius 2 is 1.88 bits per heavy atom. The number of likely N-dealkylation sites (tertiary alicyclic amines) is 1. The number of pyridine rings is 1. The molecular formula is C24H22ClF3N4O2. The Morgan fingerprint density at radius 3 is 2.56 bits per heavy atom. The third kappa shape index (κ3) is 4.30. The van der Waals surface area contributed by atoms with Crippen LogP contribution in [0.2, 0.25) is 5.15 Å². The van der Waals surface area contributed by atoms with Crippen molar-refractivity contribution in [3.8, 4) is 11.1 Å². The number of nitrogens with one attached hydrogen (secondary N) is 1. The zero-order valence-electron chi connectivity index (χ0n) is 18.1. The molecule has 1 saturated carbocycles. The predicted octanol–water partition coefficient (Wildman–Crippen LogP) is 3.93. The number of halogens is 4. The van der Waals surface area contributed by atoms with Gasteiger partial charge in [0.25, 0.3) is 5.56 Å². The van der Waals surface area contributed by atoms with Gasteiger partial charge in [-0.1, -0.05) is 23.7 Å². The summed E-state index contributed by atoms with van der Waals surface area (Å²) in [4.78, 5) is 33.2. The van der Waals surface area contributed by atoms with Crippen LogP contribution >= 0.6 is 11.6 Å². The van der Waals surface area contributed by atoms with E-state index in [1.807, 2.05) is 0 Å². The zero-order valence-corrected chi connectivity index (χ0v) is 18.9. The van der Waals surface area contributed by atoms with Crippen LogP contribution < -0.4 is 11.2 Å². The van der Waals surface area contributed by atoms with Crippen molar-refractivity contribution < 1.29 is 13.2 Å². The van der Waals surface area contributed by atoms with Crippen molar-refractivity contribution in [2.24, 2.45) is 5.92 Å². The number of benzene rings is 1. The van der Waals surface area contributed by atoms with Gasteiger partial charge in [0.2, 0.25) is 0 Å². The van der Waals surface area contributed by atoms with E-state index in [1.165, 1.54) is 29.1 Å². The fraction of sp³-hybridized carbons (Fsp3) is 0.375. The molecule has 1 N–H and O–H groups in total. The number of H-pyrrole nitrogens is 1. The number of aromatic nitrogens is 3. The molecule has 2 atom stereocenters. The van der Waals surface area contributed by atoms with Gasteiger partial charge in [0.15, 0.2) is 0 Å². The van der Waals surface area contributed by atoms with Crippen LogP contribution in [0.1, 0.15) is 24.0 Å². The maximum atomic E-state index is 12.9. The minimum Gasteiger partial charge on any atom is -0.302 e. The van der Waals surface area contributed by atoms with Gasteiger partial charge in [-0.15, -0.1) is 0 Å². The van der Waals surface area contributed by atoms with Gasteiger partial charge >= 0.3 is 11.9 Å². The molecule has 5 rings (SSSR count). The Kier molecular flexibility index (Phi) is 5.64. The first-order valence-electron chi connectivity index (χ1n) is 11.0. The van der Waals surface area contributed by atoms with Crippen LogP contribution in [0.5, 0.6) is 0 Å². The van der Waals surface area contributed by atoms with E-state index < -0.39 is 23.0 Å². The van der Waals surface area contributed by atoms with E-state index in [2.05, 4.69) is 14.9 Å². The molecule has 34 heavy (non-hydrogen) atoms. The Morgan fingerprint density at radius 1 is 1.12 bits per heavy atom. The lowest BCUT2D eigenvalue weighted by Crippen LogP contribution is -2.32. The summed E-state index contributed by atoms with van der Waals surface area (Å²) in [5, 5.41) is 0.311. The van der Waals surface area contributed by atoms with Crippen molar-refractivity contribution in [1.29, 1.82) is 0 Å². The maximum Gasteiger partial charge on any atom is 0.416 e. The summed E-state index contributed by atoms with van der Waals surface area (Å²) in [6.45, 7) is 2.87. The number of aryl methyl sites for hydroxylation is 1. The highest BCUT2D eigenvalue weighted by Crippen LogP contribution is 2.59. The summed E-state index contributed by atoms with van der Waals surface area (Å²) in [6.07, 6.45) is 0.382. The van der Waals surface area contributed by atoms with Gasteiger partial charge in [0.05, 0.1) is 11.1 Å². The maximum absolute atomic E-state index is 12.9. The van der Waals surface area contributed by atoms with Crippen molar-refractivity contribution in [1.82, 2.24) is 19.4 Å². The molecule has 178 valence electrons. The van der Waals surface area contributed by atoms with Crippen molar-refractivity contribution >= 4 is 11.6 Å². The van der Waals surface area contributed by atoms with Crippen LogP contribution in [0, 0.1) is 5.92 Å². The molecular weight excluding hydrogens is 469 g/mol. The number of nitrogens with zero attached hydrogens (tertiary/aromatic N) is 3. The fourth-order valence-electron chi connectivity index (χ4n) is 5.08. The standard InChI is InChI=1S/C24H22ClF3N4O2/c25-20-7-2-15(11-29-20)19-13-32(22(34)30-21(19)33)9-1-8-31-12-18-10-23(18,14-31)16-3-5-17(6-4-16)24(26,27)28/h2-7,11,13,18H,1,8-10,12,14H2,(H,30,33,34). The minimum atomic E-state index is -4.33. The Labute approximate surface area is 198 Å². The number of piperidine rings is 1. The lowest BCUT2D eigenvalue weighted by atomic mass is 9.94. The van der Waals surface area contributed by atoms with Crippen LogP contribution in [0.25, 0.3) is 11.1 Å². The summed E-state index contributed by atoms with van der Waals surface area (Å²) in [5.74, 6) is 0.448. The van der Waals surface area contributed by atoms with Gasteiger partial charge in [-0.25, -0.2) is 9.78 Å². The van der Waals surface area contributed by atoms with Crippen LogP contribution in [-0.4, -0.2) is 39.1 Å². The fourth-order valence-corrected chi connectivity index (χ4v) is 5.19. The monoisotopic (exact) mass is 490 g/mol. The molecule has 2 aliphatic rings. The summed E-state index contributed by atoms with van der Waals surface area (Å²) >= 11 is 5.81. The lowest BCUT2D eigenvalue weighted by Gasteiger charge is -2.21. The summed E-state index contributed by atoms with van der Waals surface area (Å²) in [6, 6.07) is 8.80. The first-order valence-corrected chi connectivity index (χ1v) is 11.4. The normalized spacial score (nSPS) is 22.1. The molecule has 2 fully saturated rings. The van der Waals surface area contributed by atoms with E-state index in [-0.39, 0.29) is 5.41 Å². The number of fused-ring (bicyclic) bond motifs is 1. The van der Waals surface area contributed by atoms with E-state index in [0.717, 1.165) is 31.6 Å². The molecule has 6 nitrogen and oxygen atoms in total. The molecule has 10 heteroatoms. The van der Waals surface area contributed by atoms with Gasteiger partial charge in [0.1, 0.15) is 5.15 Å². The van der Waals surface area contributed by atoms with E-state index in [4.69, 9.17) is 11.6 Å². The van der Waals surface area contributed by atoms with E-state index in [0.29, 0.717) is 35.2 Å². The topological polar surface area (TPSA) is 71.0 Å². The number of hydrogen-bond acceptors (Lipinski definition) is 4. The SMILES string of the molecule is O=c1[nH]c(=O)n(CCCN2CC3CC3(c3ccc(C(F)(F)F)cc3)C2)cc1-c1ccc(Cl)nc1. The third-order valence-corrected chi connectivity index (χ3v) is 7.15. The quantitative estimate of drug-likeness (QED) is 0.531. The Bertz CT molecular complexity index is 1320. The van der Waals surface area contributed by atoms with Gasteiger partial charge in [-0.2, -0.15) is 13.2 Å². The molecule has 1 aromatic carbocycles. The van der Waals surface area contributed by atoms with Crippen molar-refractivity contribution in [3.63, 3.8) is 0 Å². The average molecular weight is 491 g/mol. The van der Waals surface area contributed by atoms with Gasteiger partial charge in [0, 0.05) is 43.0 Å². The second kappa shape index (κ2) is 8.39. The molecule has 3 heterocycles. The summed E-state index contributed by atoms with van der Waals surface area (Å²) in [5.41, 5.74) is 0.230. The molecule has 0 spiro atoms. The van der Waals surface area contributed by atoms with Crippen molar-refractivity contribution in [2.75, 3.05) is 19.6 Å². The Hall–Kier alpha value is -2.91. The molecule has 0 amide bonds. The number of hydrogen-bond donors (Lipinski definition) is 1. The van der Waals surface area contributed by atoms with Crippen LogP contribution in [0.15, 0.2) is 58.4 Å². The highest BCUT2D eigenvalue weighted by Gasteiger charge is 2.60. The molecule has 3 aromatic rings. The zero-order chi connectivity index (χ0) is 24.1. The molecule has 2 aromatic heterocycles. The van der Waals surface area contributed by atoms with Gasteiger partial charge < -0.3 is 4.90 Å². The molecule has 0 radical (unpaired) electrons. The molecule has 2 unspecified atom stereocenters. The number of aromatic amines is 1. The highest BCUT2D eigenvalue weighted by atomic mass is 35.5. The number of rotatable bonds is 6. The third-order valence-electron chi connectivity index (χ3n) is 6.93. The minimum absolute atomic E-state index is 0.0618. The highest BCUT2D eigenvalue weighted by molar-refractivity contribution is 6.29. The average Bonchev–Trinajstić information content (AvgIpc) is 3.37. The van der Waals surface area contributed by atoms with Crippen LogP contribution in [0.3, 0.4) is 0 Å². The summed E-state index contributed by atoms with van der Waals surface area (Å²) in [7, 11) is 0. The van der Waals surface area contributed by atoms with E-state index >= 15 is 0 Å². The van der Waals surface area contributed by atoms with Gasteiger partial charge in [-0.3, -0.25) is 14.3 Å². The summed E-state index contributed by atoms with van der Waals surface area (Å²) < 4.78 is 40.1. The largest absolute Gasteiger partial charge is 0.416 e. The lowest BCUT2D eigenvalue weighted by molar-refractivity contribution is -0.137. The molecule has 1 aliphatic heterocycles. The van der Waals surface area contributed by atoms with Crippen LogP contribution in [-0.2, 0) is 18.1 Å². The second-order valence-corrected chi connectivity index (χ2v) is 9.47. The first kappa shape index (κ1) is 22.9. The van der Waals surface area contributed by atoms with Crippen molar-refractivity contribution in [3.05, 3.63) is 85.9 Å². The molecule has 1 saturated heterocycles. The van der Waals surface area contributed by atoms with E-state index in [1.54, 1.807) is 24.3 Å². The van der Waals surface area contributed by atoms with Gasteiger partial charge in [-0.05, 0) is 55.1 Å². The second-order valence-electron chi connectivity index (χ2n) is 9.09. The predicted molar refractivity (Wildman–Crippen MR) is 122 cm³/mol. The van der Waals surface area contributed by atoms with E-state index in [9.17, 15) is 22.8 Å². The first-order chi connectivity index (χ1) is 16.2. The molecule has 1 aliphatic carbocycles. The smallest absolute Gasteiger partial charge is 0.302 e.